The Labute approximate surface area is 68.7 Å². The van der Waals surface area contributed by atoms with Crippen molar-refractivity contribution in [2.45, 2.75) is 19.9 Å². The summed E-state index contributed by atoms with van der Waals surface area (Å²) in [4.78, 5) is 4.01. The Bertz CT molecular complexity index is 157. The van der Waals surface area contributed by atoms with Gasteiger partial charge in [-0.05, 0) is 6.08 Å². The van der Waals surface area contributed by atoms with Crippen LogP contribution in [0.5, 0.6) is 0 Å². The Morgan fingerprint density at radius 2 is 2.18 bits per heavy atom. The molecular formula is C9H16N2. The number of nitrogens with zero attached hydrogens (tertiary/aromatic N) is 1. The Hall–Kier alpha value is -0.890. The van der Waals surface area contributed by atoms with Crippen LogP contribution < -0.4 is 5.32 Å². The van der Waals surface area contributed by atoms with Crippen molar-refractivity contribution in [2.75, 3.05) is 6.54 Å². The van der Waals surface area contributed by atoms with Crippen LogP contribution in [0.1, 0.15) is 13.8 Å². The second kappa shape index (κ2) is 5.86. The molecule has 11 heavy (non-hydrogen) atoms. The van der Waals surface area contributed by atoms with E-state index in [2.05, 4.69) is 37.3 Å². The minimum absolute atomic E-state index is 0.477. The van der Waals surface area contributed by atoms with Crippen molar-refractivity contribution in [2.24, 2.45) is 4.99 Å². The molecule has 0 aliphatic rings. The first-order valence-corrected chi connectivity index (χ1v) is 3.74. The zero-order chi connectivity index (χ0) is 8.69. The molecule has 2 heteroatoms. The van der Waals surface area contributed by atoms with Crippen LogP contribution in [0, 0.1) is 0 Å². The van der Waals surface area contributed by atoms with Gasteiger partial charge in [-0.1, -0.05) is 27.0 Å². The fourth-order valence-corrected chi connectivity index (χ4v) is 0.596. The smallest absolute Gasteiger partial charge is 0.0535 e. The average Bonchev–Trinajstić information content (AvgIpc) is 1.97. The maximum absolute atomic E-state index is 4.01. The van der Waals surface area contributed by atoms with Crippen molar-refractivity contribution >= 4 is 5.71 Å². The van der Waals surface area contributed by atoms with E-state index in [1.54, 1.807) is 6.08 Å². The van der Waals surface area contributed by atoms with Crippen molar-refractivity contribution in [3.05, 3.63) is 25.4 Å². The highest BCUT2D eigenvalue weighted by molar-refractivity contribution is 5.96. The largest absolute Gasteiger partial charge is 0.309 e. The molecule has 0 unspecified atom stereocenters. The number of hydrogen-bond acceptors (Lipinski definition) is 2. The third kappa shape index (κ3) is 5.55. The second-order valence-corrected chi connectivity index (χ2v) is 2.54. The van der Waals surface area contributed by atoms with Gasteiger partial charge in [0.25, 0.3) is 0 Å². The summed E-state index contributed by atoms with van der Waals surface area (Å²) in [5.41, 5.74) is 0.925. The van der Waals surface area contributed by atoms with Crippen molar-refractivity contribution in [3.63, 3.8) is 0 Å². The minimum Gasteiger partial charge on any atom is -0.309 e. The van der Waals surface area contributed by atoms with E-state index in [0.29, 0.717) is 6.04 Å². The summed E-state index contributed by atoms with van der Waals surface area (Å²) < 4.78 is 0. The summed E-state index contributed by atoms with van der Waals surface area (Å²) in [5.74, 6) is 0. The molecule has 0 rings (SSSR count). The van der Waals surface area contributed by atoms with Gasteiger partial charge in [0, 0.05) is 18.8 Å². The van der Waals surface area contributed by atoms with E-state index >= 15 is 0 Å². The van der Waals surface area contributed by atoms with Crippen LogP contribution in [0.2, 0.25) is 0 Å². The van der Waals surface area contributed by atoms with E-state index in [4.69, 9.17) is 0 Å². The quantitative estimate of drug-likeness (QED) is 0.596. The fourth-order valence-electron chi connectivity index (χ4n) is 0.596. The predicted molar refractivity (Wildman–Crippen MR) is 51.0 cm³/mol. The molecule has 0 atom stereocenters. The first-order chi connectivity index (χ1) is 5.20. The van der Waals surface area contributed by atoms with E-state index in [1.807, 2.05) is 0 Å². The van der Waals surface area contributed by atoms with Gasteiger partial charge in [-0.25, -0.2) is 0 Å². The molecular weight excluding hydrogens is 136 g/mol. The van der Waals surface area contributed by atoms with Gasteiger partial charge >= 0.3 is 0 Å². The van der Waals surface area contributed by atoms with Crippen molar-refractivity contribution in [1.82, 2.24) is 5.32 Å². The molecule has 62 valence electrons. The first-order valence-electron chi connectivity index (χ1n) is 3.74. The van der Waals surface area contributed by atoms with Gasteiger partial charge in [0.15, 0.2) is 0 Å². The Morgan fingerprint density at radius 3 is 2.55 bits per heavy atom. The van der Waals surface area contributed by atoms with Gasteiger partial charge in [-0.3, -0.25) is 4.99 Å². The Morgan fingerprint density at radius 1 is 1.55 bits per heavy atom. The molecule has 0 aliphatic carbocycles. The lowest BCUT2D eigenvalue weighted by Crippen LogP contribution is -2.28. The molecule has 0 radical (unpaired) electrons. The van der Waals surface area contributed by atoms with Crippen LogP contribution in [0.3, 0.4) is 0 Å². The van der Waals surface area contributed by atoms with Gasteiger partial charge in [0.1, 0.15) is 0 Å². The van der Waals surface area contributed by atoms with Crippen LogP contribution in [-0.4, -0.2) is 18.3 Å². The van der Waals surface area contributed by atoms with Crippen molar-refractivity contribution in [1.29, 1.82) is 0 Å². The normalized spacial score (nSPS) is 11.7. The van der Waals surface area contributed by atoms with Crippen molar-refractivity contribution in [3.8, 4) is 0 Å². The zero-order valence-electron chi connectivity index (χ0n) is 7.30. The van der Waals surface area contributed by atoms with Gasteiger partial charge < -0.3 is 5.32 Å². The van der Waals surface area contributed by atoms with Crippen LogP contribution in [0.15, 0.2) is 30.4 Å². The molecule has 0 saturated carbocycles. The van der Waals surface area contributed by atoms with Crippen LogP contribution in [-0.2, 0) is 0 Å². The topological polar surface area (TPSA) is 24.4 Å². The molecule has 0 heterocycles. The number of aliphatic imine (C=N–C) groups is 1. The van der Waals surface area contributed by atoms with E-state index < -0.39 is 0 Å². The first kappa shape index (κ1) is 10.1. The summed E-state index contributed by atoms with van der Waals surface area (Å²) in [6.07, 6.45) is 3.26. The minimum atomic E-state index is 0.477. The highest BCUT2D eigenvalue weighted by Gasteiger charge is 1.93. The molecule has 0 aromatic carbocycles. The molecule has 2 nitrogen and oxygen atoms in total. The highest BCUT2D eigenvalue weighted by atomic mass is 14.9. The van der Waals surface area contributed by atoms with E-state index in [0.717, 1.165) is 12.3 Å². The molecule has 0 aromatic rings. The lowest BCUT2D eigenvalue weighted by Gasteiger charge is -2.06. The number of rotatable bonds is 5. The molecule has 0 aliphatic heterocycles. The summed E-state index contributed by atoms with van der Waals surface area (Å²) in [5, 5.41) is 3.23. The van der Waals surface area contributed by atoms with Crippen molar-refractivity contribution < 1.29 is 0 Å². The lowest BCUT2D eigenvalue weighted by atomic mass is 10.3. The Balaban J connectivity index is 3.79. The fraction of sp³-hybridized carbons (Fsp3) is 0.444. The SMILES string of the molecule is C=C/N=C(\C=C)CNC(C)C. The zero-order valence-corrected chi connectivity index (χ0v) is 7.30. The molecule has 0 amide bonds. The van der Waals surface area contributed by atoms with E-state index in [-0.39, 0.29) is 0 Å². The Kier molecular flexibility index (Phi) is 5.39. The molecule has 0 saturated heterocycles. The second-order valence-electron chi connectivity index (χ2n) is 2.54. The van der Waals surface area contributed by atoms with Gasteiger partial charge in [-0.15, -0.1) is 0 Å². The maximum atomic E-state index is 4.01. The van der Waals surface area contributed by atoms with Crippen LogP contribution in [0.25, 0.3) is 0 Å². The molecule has 0 spiro atoms. The third-order valence-electron chi connectivity index (χ3n) is 1.18. The third-order valence-corrected chi connectivity index (χ3v) is 1.18. The van der Waals surface area contributed by atoms with Crippen LogP contribution in [0.4, 0.5) is 0 Å². The summed E-state index contributed by atoms with van der Waals surface area (Å²) in [7, 11) is 0. The van der Waals surface area contributed by atoms with Gasteiger partial charge in [0.05, 0.1) is 5.71 Å². The van der Waals surface area contributed by atoms with E-state index in [1.165, 1.54) is 6.20 Å². The molecule has 0 bridgehead atoms. The summed E-state index contributed by atoms with van der Waals surface area (Å²) in [6, 6.07) is 0.477. The monoisotopic (exact) mass is 152 g/mol. The predicted octanol–water partition coefficient (Wildman–Crippen LogP) is 1.75. The average molecular weight is 152 g/mol. The van der Waals surface area contributed by atoms with Gasteiger partial charge in [-0.2, -0.15) is 0 Å². The van der Waals surface area contributed by atoms with Crippen LogP contribution >= 0.6 is 0 Å². The standard InChI is InChI=1S/C9H16N2/c1-5-9(10-6-2)7-11-8(3)4/h5-6,8,11H,1-2,7H2,3-4H3/b10-9+. The number of hydrogen-bond donors (Lipinski definition) is 1. The lowest BCUT2D eigenvalue weighted by molar-refractivity contribution is 0.643. The highest BCUT2D eigenvalue weighted by Crippen LogP contribution is 1.82. The molecule has 0 fully saturated rings. The number of nitrogens with one attached hydrogen (secondary N) is 1. The summed E-state index contributed by atoms with van der Waals surface area (Å²) >= 11 is 0. The maximum Gasteiger partial charge on any atom is 0.0535 e. The van der Waals surface area contributed by atoms with E-state index in [9.17, 15) is 0 Å². The summed E-state index contributed by atoms with van der Waals surface area (Å²) in [6.45, 7) is 12.1. The molecule has 0 aromatic heterocycles. The van der Waals surface area contributed by atoms with Gasteiger partial charge in [0.2, 0.25) is 0 Å². The molecule has 1 N–H and O–H groups in total.